The first-order chi connectivity index (χ1) is 7.79. The van der Waals surface area contributed by atoms with Gasteiger partial charge in [0.25, 0.3) is 0 Å². The first-order valence-corrected chi connectivity index (χ1v) is 5.76. The van der Waals surface area contributed by atoms with Crippen molar-refractivity contribution in [2.75, 3.05) is 20.3 Å². The Morgan fingerprint density at radius 1 is 1.38 bits per heavy atom. The minimum atomic E-state index is 0.274. The van der Waals surface area contributed by atoms with Gasteiger partial charge in [0.05, 0.1) is 13.7 Å². The SMILES string of the molecule is COc1ccc(C[C@@H]2COCC[C@@H]2N)cc1. The van der Waals surface area contributed by atoms with E-state index in [1.807, 2.05) is 12.1 Å². The zero-order valence-electron chi connectivity index (χ0n) is 9.69. The van der Waals surface area contributed by atoms with Gasteiger partial charge in [0, 0.05) is 18.6 Å². The Kier molecular flexibility index (Phi) is 3.80. The highest BCUT2D eigenvalue weighted by molar-refractivity contribution is 5.27. The molecular weight excluding hydrogens is 202 g/mol. The smallest absolute Gasteiger partial charge is 0.118 e. The molecule has 0 saturated carbocycles. The van der Waals surface area contributed by atoms with Gasteiger partial charge in [-0.15, -0.1) is 0 Å². The summed E-state index contributed by atoms with van der Waals surface area (Å²) in [4.78, 5) is 0. The molecule has 0 amide bonds. The molecular formula is C13H19NO2. The molecule has 1 aromatic carbocycles. The average Bonchev–Trinajstić information content (AvgIpc) is 2.33. The molecule has 0 bridgehead atoms. The number of hydrogen-bond acceptors (Lipinski definition) is 3. The summed E-state index contributed by atoms with van der Waals surface area (Å²) < 4.78 is 10.6. The van der Waals surface area contributed by atoms with E-state index in [0.717, 1.165) is 31.8 Å². The van der Waals surface area contributed by atoms with Crippen molar-refractivity contribution in [2.24, 2.45) is 11.7 Å². The van der Waals surface area contributed by atoms with Crippen molar-refractivity contribution in [3.63, 3.8) is 0 Å². The summed E-state index contributed by atoms with van der Waals surface area (Å²) in [7, 11) is 1.68. The fourth-order valence-electron chi connectivity index (χ4n) is 2.09. The summed E-state index contributed by atoms with van der Waals surface area (Å²) in [6.07, 6.45) is 1.96. The number of rotatable bonds is 3. The van der Waals surface area contributed by atoms with Crippen molar-refractivity contribution in [3.8, 4) is 5.75 Å². The summed E-state index contributed by atoms with van der Waals surface area (Å²) in [6, 6.07) is 8.45. The zero-order chi connectivity index (χ0) is 11.4. The van der Waals surface area contributed by atoms with Gasteiger partial charge in [-0.25, -0.2) is 0 Å². The van der Waals surface area contributed by atoms with Gasteiger partial charge in [0.1, 0.15) is 5.75 Å². The topological polar surface area (TPSA) is 44.5 Å². The molecule has 88 valence electrons. The summed E-state index contributed by atoms with van der Waals surface area (Å²) in [6.45, 7) is 1.59. The lowest BCUT2D eigenvalue weighted by atomic mass is 9.90. The molecule has 0 unspecified atom stereocenters. The minimum absolute atomic E-state index is 0.274. The molecule has 2 N–H and O–H groups in total. The van der Waals surface area contributed by atoms with Gasteiger partial charge in [-0.1, -0.05) is 12.1 Å². The van der Waals surface area contributed by atoms with E-state index in [1.165, 1.54) is 5.56 Å². The van der Waals surface area contributed by atoms with Gasteiger partial charge in [-0.2, -0.15) is 0 Å². The molecule has 2 rings (SSSR count). The molecule has 0 radical (unpaired) electrons. The van der Waals surface area contributed by atoms with Crippen LogP contribution in [0.2, 0.25) is 0 Å². The third kappa shape index (κ3) is 2.74. The van der Waals surface area contributed by atoms with E-state index >= 15 is 0 Å². The average molecular weight is 221 g/mol. The number of methoxy groups -OCH3 is 1. The molecule has 3 nitrogen and oxygen atoms in total. The summed E-state index contributed by atoms with van der Waals surface area (Å²) in [5.74, 6) is 1.34. The highest BCUT2D eigenvalue weighted by Crippen LogP contribution is 2.20. The highest BCUT2D eigenvalue weighted by Gasteiger charge is 2.22. The van der Waals surface area contributed by atoms with Crippen LogP contribution in [0, 0.1) is 5.92 Å². The van der Waals surface area contributed by atoms with Crippen LogP contribution in [0.25, 0.3) is 0 Å². The van der Waals surface area contributed by atoms with Crippen LogP contribution >= 0.6 is 0 Å². The van der Waals surface area contributed by atoms with E-state index in [0.29, 0.717) is 5.92 Å². The monoisotopic (exact) mass is 221 g/mol. The van der Waals surface area contributed by atoms with Crippen LogP contribution in [-0.2, 0) is 11.2 Å². The molecule has 1 saturated heterocycles. The number of nitrogens with two attached hydrogens (primary N) is 1. The molecule has 1 aliphatic rings. The van der Waals surface area contributed by atoms with E-state index in [4.69, 9.17) is 15.2 Å². The lowest BCUT2D eigenvalue weighted by Gasteiger charge is -2.28. The third-order valence-corrected chi connectivity index (χ3v) is 3.19. The van der Waals surface area contributed by atoms with Crippen LogP contribution in [0.4, 0.5) is 0 Å². The molecule has 0 spiro atoms. The van der Waals surface area contributed by atoms with Gasteiger partial charge < -0.3 is 15.2 Å². The van der Waals surface area contributed by atoms with Crippen LogP contribution in [0.15, 0.2) is 24.3 Å². The Hall–Kier alpha value is -1.06. The second-order valence-corrected chi connectivity index (χ2v) is 4.34. The predicted molar refractivity (Wildman–Crippen MR) is 63.6 cm³/mol. The van der Waals surface area contributed by atoms with Gasteiger partial charge in [-0.3, -0.25) is 0 Å². The van der Waals surface area contributed by atoms with E-state index < -0.39 is 0 Å². The van der Waals surface area contributed by atoms with Crippen LogP contribution in [-0.4, -0.2) is 26.4 Å². The number of benzene rings is 1. The second kappa shape index (κ2) is 5.32. The molecule has 3 heteroatoms. The van der Waals surface area contributed by atoms with Crippen molar-refractivity contribution in [2.45, 2.75) is 18.9 Å². The van der Waals surface area contributed by atoms with Gasteiger partial charge in [0.15, 0.2) is 0 Å². The lowest BCUT2D eigenvalue weighted by Crippen LogP contribution is -2.39. The van der Waals surface area contributed by atoms with Crippen molar-refractivity contribution in [1.29, 1.82) is 0 Å². The van der Waals surface area contributed by atoms with Gasteiger partial charge in [-0.05, 0) is 30.5 Å². The molecule has 0 aliphatic carbocycles. The van der Waals surface area contributed by atoms with Crippen molar-refractivity contribution >= 4 is 0 Å². The maximum absolute atomic E-state index is 6.08. The maximum Gasteiger partial charge on any atom is 0.118 e. The quantitative estimate of drug-likeness (QED) is 0.843. The van der Waals surface area contributed by atoms with Crippen LogP contribution in [0.5, 0.6) is 5.75 Å². The lowest BCUT2D eigenvalue weighted by molar-refractivity contribution is 0.0422. The first kappa shape index (κ1) is 11.4. The van der Waals surface area contributed by atoms with E-state index in [-0.39, 0.29) is 6.04 Å². The Morgan fingerprint density at radius 3 is 2.75 bits per heavy atom. The number of ether oxygens (including phenoxy) is 2. The number of hydrogen-bond donors (Lipinski definition) is 1. The molecule has 16 heavy (non-hydrogen) atoms. The van der Waals surface area contributed by atoms with E-state index in [1.54, 1.807) is 7.11 Å². The van der Waals surface area contributed by atoms with Crippen molar-refractivity contribution in [3.05, 3.63) is 29.8 Å². The predicted octanol–water partition coefficient (Wildman–Crippen LogP) is 1.60. The van der Waals surface area contributed by atoms with Crippen molar-refractivity contribution < 1.29 is 9.47 Å². The zero-order valence-corrected chi connectivity index (χ0v) is 9.69. The van der Waals surface area contributed by atoms with Crippen LogP contribution < -0.4 is 10.5 Å². The van der Waals surface area contributed by atoms with E-state index in [2.05, 4.69) is 12.1 Å². The van der Waals surface area contributed by atoms with Crippen LogP contribution in [0.3, 0.4) is 0 Å². The van der Waals surface area contributed by atoms with Gasteiger partial charge >= 0.3 is 0 Å². The Labute approximate surface area is 96.5 Å². The molecule has 1 fully saturated rings. The fraction of sp³-hybridized carbons (Fsp3) is 0.538. The summed E-state index contributed by atoms with van der Waals surface area (Å²) in [5.41, 5.74) is 7.38. The second-order valence-electron chi connectivity index (χ2n) is 4.34. The third-order valence-electron chi connectivity index (χ3n) is 3.19. The standard InChI is InChI=1S/C13H19NO2/c1-15-12-4-2-10(3-5-12)8-11-9-16-7-6-13(11)14/h2-5,11,13H,6-9,14H2,1H3/t11-,13+/m1/s1. The Balaban J connectivity index is 1.96. The molecule has 0 aromatic heterocycles. The fourth-order valence-corrected chi connectivity index (χ4v) is 2.09. The maximum atomic E-state index is 6.08. The van der Waals surface area contributed by atoms with Crippen molar-refractivity contribution in [1.82, 2.24) is 0 Å². The Bertz CT molecular complexity index is 323. The molecule has 1 aromatic rings. The van der Waals surface area contributed by atoms with Crippen LogP contribution in [0.1, 0.15) is 12.0 Å². The minimum Gasteiger partial charge on any atom is -0.497 e. The summed E-state index contributed by atoms with van der Waals surface area (Å²) in [5, 5.41) is 0. The van der Waals surface area contributed by atoms with E-state index in [9.17, 15) is 0 Å². The molecule has 1 heterocycles. The highest BCUT2D eigenvalue weighted by atomic mass is 16.5. The molecule has 2 atom stereocenters. The largest absolute Gasteiger partial charge is 0.497 e. The first-order valence-electron chi connectivity index (χ1n) is 5.76. The Morgan fingerprint density at radius 2 is 2.12 bits per heavy atom. The van der Waals surface area contributed by atoms with Gasteiger partial charge in [0.2, 0.25) is 0 Å². The molecule has 1 aliphatic heterocycles. The summed E-state index contributed by atoms with van der Waals surface area (Å²) >= 11 is 0. The normalized spacial score (nSPS) is 25.4.